The second-order valence-corrected chi connectivity index (χ2v) is 3.88. The van der Waals surface area contributed by atoms with Gasteiger partial charge in [0.25, 0.3) is 0 Å². The molecule has 0 unspecified atom stereocenters. The van der Waals surface area contributed by atoms with E-state index in [1.165, 1.54) is 16.5 Å². The Kier molecular flexibility index (Phi) is 3.42. The molecule has 1 aromatic carbocycles. The van der Waals surface area contributed by atoms with Gasteiger partial charge in [0.2, 0.25) is 0 Å². The third kappa shape index (κ3) is 2.02. The lowest BCUT2D eigenvalue weighted by Gasteiger charge is -1.99. The van der Waals surface area contributed by atoms with Crippen LogP contribution in [0, 0.1) is 0 Å². The molecule has 0 aliphatic heterocycles. The normalized spacial score (nSPS) is 10.8. The number of hydrogen-bond acceptors (Lipinski definition) is 1. The van der Waals surface area contributed by atoms with Crippen LogP contribution in [0.15, 0.2) is 43.1 Å². The van der Waals surface area contributed by atoms with Crippen molar-refractivity contribution in [1.82, 2.24) is 9.88 Å². The highest BCUT2D eigenvalue weighted by Gasteiger charge is 2.05. The molecule has 1 heterocycles. The minimum absolute atomic E-state index is 0.853. The summed E-state index contributed by atoms with van der Waals surface area (Å²) in [5.41, 5.74) is 2.68. The molecule has 0 radical (unpaired) electrons. The average molecular weight is 214 g/mol. The molecule has 1 aromatic heterocycles. The molecule has 0 aliphatic rings. The number of fused-ring (bicyclic) bond motifs is 1. The summed E-state index contributed by atoms with van der Waals surface area (Å²) in [5, 5.41) is 4.70. The molecule has 2 nitrogen and oxygen atoms in total. The fraction of sp³-hybridized carbons (Fsp3) is 0.286. The van der Waals surface area contributed by atoms with Gasteiger partial charge in [-0.05, 0) is 18.6 Å². The van der Waals surface area contributed by atoms with Crippen molar-refractivity contribution >= 4 is 10.9 Å². The van der Waals surface area contributed by atoms with Gasteiger partial charge in [-0.1, -0.05) is 24.3 Å². The molecule has 84 valence electrons. The van der Waals surface area contributed by atoms with Crippen molar-refractivity contribution < 1.29 is 0 Å². The number of nitrogens with one attached hydrogen (secondary N) is 1. The zero-order valence-corrected chi connectivity index (χ0v) is 9.74. The Balaban J connectivity index is 2.33. The van der Waals surface area contributed by atoms with Crippen molar-refractivity contribution in [3.63, 3.8) is 0 Å². The third-order valence-electron chi connectivity index (χ3n) is 2.82. The Morgan fingerprint density at radius 3 is 2.94 bits per heavy atom. The van der Waals surface area contributed by atoms with Crippen molar-refractivity contribution in [3.05, 3.63) is 48.7 Å². The van der Waals surface area contributed by atoms with Crippen molar-refractivity contribution in [2.45, 2.75) is 20.0 Å². The Hall–Kier alpha value is -1.54. The van der Waals surface area contributed by atoms with E-state index in [1.54, 1.807) is 0 Å². The van der Waals surface area contributed by atoms with Gasteiger partial charge in [0.1, 0.15) is 0 Å². The summed E-state index contributed by atoms with van der Waals surface area (Å²) < 4.78 is 2.29. The maximum Gasteiger partial charge on any atom is 0.0483 e. The van der Waals surface area contributed by atoms with E-state index in [9.17, 15) is 0 Å². The standard InChI is InChI=1S/C14H18N2/c1-3-9-15-10-12-11-16(4-2)14-8-6-5-7-13(12)14/h3,5-8,11,15H,1,4,9-10H2,2H3. The number of hydrogen-bond donors (Lipinski definition) is 1. The first kappa shape index (κ1) is 11.0. The molecule has 0 fully saturated rings. The lowest BCUT2D eigenvalue weighted by atomic mass is 10.2. The van der Waals surface area contributed by atoms with Crippen LogP contribution in [0.4, 0.5) is 0 Å². The van der Waals surface area contributed by atoms with E-state index in [-0.39, 0.29) is 0 Å². The lowest BCUT2D eigenvalue weighted by Crippen LogP contribution is -2.12. The molecular formula is C14H18N2. The van der Waals surface area contributed by atoms with E-state index in [0.29, 0.717) is 0 Å². The first-order chi connectivity index (χ1) is 7.86. The van der Waals surface area contributed by atoms with E-state index in [1.807, 2.05) is 6.08 Å². The summed E-state index contributed by atoms with van der Waals surface area (Å²) in [4.78, 5) is 0. The van der Waals surface area contributed by atoms with Gasteiger partial charge >= 0.3 is 0 Å². The topological polar surface area (TPSA) is 17.0 Å². The molecule has 2 aromatic rings. The summed E-state index contributed by atoms with van der Waals surface area (Å²) >= 11 is 0. The van der Waals surface area contributed by atoms with Gasteiger partial charge in [-0.15, -0.1) is 6.58 Å². The van der Waals surface area contributed by atoms with E-state index in [2.05, 4.69) is 53.8 Å². The maximum atomic E-state index is 3.71. The third-order valence-corrected chi connectivity index (χ3v) is 2.82. The largest absolute Gasteiger partial charge is 0.347 e. The second-order valence-electron chi connectivity index (χ2n) is 3.88. The van der Waals surface area contributed by atoms with Crippen LogP contribution in [0.3, 0.4) is 0 Å². The minimum atomic E-state index is 0.853. The molecule has 0 saturated carbocycles. The van der Waals surface area contributed by atoms with Crippen molar-refractivity contribution in [1.29, 1.82) is 0 Å². The summed E-state index contributed by atoms with van der Waals surface area (Å²) in [5.74, 6) is 0. The quantitative estimate of drug-likeness (QED) is 0.598. The molecular weight excluding hydrogens is 196 g/mol. The number of rotatable bonds is 5. The SMILES string of the molecule is C=CCNCc1cn(CC)c2ccccc12. The molecule has 16 heavy (non-hydrogen) atoms. The predicted molar refractivity (Wildman–Crippen MR) is 69.5 cm³/mol. The fourth-order valence-corrected chi connectivity index (χ4v) is 2.03. The van der Waals surface area contributed by atoms with Gasteiger partial charge < -0.3 is 9.88 Å². The monoisotopic (exact) mass is 214 g/mol. The summed E-state index contributed by atoms with van der Waals surface area (Å²) in [6, 6.07) is 8.55. The van der Waals surface area contributed by atoms with Crippen LogP contribution in [-0.2, 0) is 13.1 Å². The van der Waals surface area contributed by atoms with Gasteiger partial charge in [0.15, 0.2) is 0 Å². The number of benzene rings is 1. The Morgan fingerprint density at radius 2 is 2.19 bits per heavy atom. The van der Waals surface area contributed by atoms with Gasteiger partial charge in [-0.3, -0.25) is 0 Å². The fourth-order valence-electron chi connectivity index (χ4n) is 2.03. The van der Waals surface area contributed by atoms with Gasteiger partial charge in [0.05, 0.1) is 0 Å². The van der Waals surface area contributed by atoms with E-state index in [0.717, 1.165) is 19.6 Å². The van der Waals surface area contributed by atoms with Gasteiger partial charge in [0, 0.05) is 36.7 Å². The summed E-state index contributed by atoms with van der Waals surface area (Å²) in [6.07, 6.45) is 4.12. The minimum Gasteiger partial charge on any atom is -0.347 e. The smallest absolute Gasteiger partial charge is 0.0483 e. The Bertz CT molecular complexity index is 482. The van der Waals surface area contributed by atoms with Crippen molar-refractivity contribution in [2.75, 3.05) is 6.54 Å². The zero-order chi connectivity index (χ0) is 11.4. The first-order valence-electron chi connectivity index (χ1n) is 5.75. The van der Waals surface area contributed by atoms with E-state index < -0.39 is 0 Å². The molecule has 0 amide bonds. The number of aromatic nitrogens is 1. The van der Waals surface area contributed by atoms with Crippen LogP contribution >= 0.6 is 0 Å². The summed E-state index contributed by atoms with van der Waals surface area (Å²) in [6.45, 7) is 8.65. The highest BCUT2D eigenvalue weighted by molar-refractivity contribution is 5.83. The lowest BCUT2D eigenvalue weighted by molar-refractivity contribution is 0.747. The number of nitrogens with zero attached hydrogens (tertiary/aromatic N) is 1. The van der Waals surface area contributed by atoms with E-state index in [4.69, 9.17) is 0 Å². The van der Waals surface area contributed by atoms with Gasteiger partial charge in [-0.25, -0.2) is 0 Å². The maximum absolute atomic E-state index is 3.71. The molecule has 2 heteroatoms. The Morgan fingerprint density at radius 1 is 1.38 bits per heavy atom. The molecule has 0 saturated heterocycles. The first-order valence-corrected chi connectivity index (χ1v) is 5.75. The van der Waals surface area contributed by atoms with Crippen molar-refractivity contribution in [3.8, 4) is 0 Å². The van der Waals surface area contributed by atoms with E-state index >= 15 is 0 Å². The van der Waals surface area contributed by atoms with Crippen LogP contribution in [0.25, 0.3) is 10.9 Å². The highest BCUT2D eigenvalue weighted by atomic mass is 15.0. The number of para-hydroxylation sites is 1. The zero-order valence-electron chi connectivity index (χ0n) is 9.74. The van der Waals surface area contributed by atoms with Crippen LogP contribution in [0.1, 0.15) is 12.5 Å². The second kappa shape index (κ2) is 4.99. The highest BCUT2D eigenvalue weighted by Crippen LogP contribution is 2.20. The van der Waals surface area contributed by atoms with Crippen LogP contribution in [0.5, 0.6) is 0 Å². The molecule has 1 N–H and O–H groups in total. The van der Waals surface area contributed by atoms with Crippen LogP contribution in [0.2, 0.25) is 0 Å². The molecule has 0 spiro atoms. The Labute approximate surface area is 96.6 Å². The average Bonchev–Trinajstić information content (AvgIpc) is 2.68. The summed E-state index contributed by atoms with van der Waals surface area (Å²) in [7, 11) is 0. The molecule has 0 bridgehead atoms. The van der Waals surface area contributed by atoms with Gasteiger partial charge in [-0.2, -0.15) is 0 Å². The van der Waals surface area contributed by atoms with Crippen molar-refractivity contribution in [2.24, 2.45) is 0 Å². The number of aryl methyl sites for hydroxylation is 1. The molecule has 0 atom stereocenters. The van der Waals surface area contributed by atoms with Crippen LogP contribution < -0.4 is 5.32 Å². The molecule has 0 aliphatic carbocycles. The van der Waals surface area contributed by atoms with Crippen LogP contribution in [-0.4, -0.2) is 11.1 Å². The molecule has 2 rings (SSSR count). The predicted octanol–water partition coefficient (Wildman–Crippen LogP) is 2.94.